The van der Waals surface area contributed by atoms with E-state index in [1.165, 1.54) is 6.07 Å². The molecule has 0 fully saturated rings. The molecule has 1 aromatic heterocycles. The van der Waals surface area contributed by atoms with Crippen LogP contribution in [0.2, 0.25) is 0 Å². The zero-order valence-corrected chi connectivity index (χ0v) is 14.4. The first-order chi connectivity index (χ1) is 11.9. The van der Waals surface area contributed by atoms with Crippen LogP contribution in [-0.4, -0.2) is 23.2 Å². The number of aromatic nitrogens is 1. The Bertz CT molecular complexity index is 762. The summed E-state index contributed by atoms with van der Waals surface area (Å²) < 4.78 is 37.6. The molecule has 1 amide bonds. The van der Waals surface area contributed by atoms with E-state index in [1.54, 1.807) is 4.90 Å². The third kappa shape index (κ3) is 3.98. The van der Waals surface area contributed by atoms with Gasteiger partial charge in [0.15, 0.2) is 0 Å². The molecule has 2 aromatic rings. The summed E-state index contributed by atoms with van der Waals surface area (Å²) in [5.74, 6) is 0.483. The standard InChI is InChI=1S/C18H17F3N2OS/c1-12-8-9-23(15-5-3-2-4-14(12)15)17(24)11-25-16-7-6-13(10-22-16)18(19,20)21/h2-7,10,12H,8-9,11H2,1H3. The van der Waals surface area contributed by atoms with Crippen LogP contribution in [0.3, 0.4) is 0 Å². The average molecular weight is 366 g/mol. The minimum Gasteiger partial charge on any atom is -0.311 e. The number of thioether (sulfide) groups is 1. The van der Waals surface area contributed by atoms with Crippen molar-refractivity contribution in [1.29, 1.82) is 0 Å². The van der Waals surface area contributed by atoms with Crippen molar-refractivity contribution in [3.63, 3.8) is 0 Å². The molecular formula is C18H17F3N2OS. The highest BCUT2D eigenvalue weighted by atomic mass is 32.2. The highest BCUT2D eigenvalue weighted by Crippen LogP contribution is 2.35. The molecule has 0 saturated heterocycles. The van der Waals surface area contributed by atoms with Crippen LogP contribution >= 0.6 is 11.8 Å². The van der Waals surface area contributed by atoms with Gasteiger partial charge < -0.3 is 4.90 Å². The summed E-state index contributed by atoms with van der Waals surface area (Å²) in [6, 6.07) is 10.1. The lowest BCUT2D eigenvalue weighted by Crippen LogP contribution is -2.37. The summed E-state index contributed by atoms with van der Waals surface area (Å²) in [5.41, 5.74) is 1.29. The van der Waals surface area contributed by atoms with Crippen molar-refractivity contribution < 1.29 is 18.0 Å². The Balaban J connectivity index is 1.66. The SMILES string of the molecule is CC1CCN(C(=O)CSc2ccc(C(F)(F)F)cn2)c2ccccc21. The van der Waals surface area contributed by atoms with Crippen LogP contribution < -0.4 is 4.90 Å². The van der Waals surface area contributed by atoms with Gasteiger partial charge in [0.25, 0.3) is 0 Å². The number of para-hydroxylation sites is 1. The molecular weight excluding hydrogens is 349 g/mol. The maximum absolute atomic E-state index is 12.6. The summed E-state index contributed by atoms with van der Waals surface area (Å²) in [7, 11) is 0. The summed E-state index contributed by atoms with van der Waals surface area (Å²) in [5, 5.41) is 0.403. The van der Waals surface area contributed by atoms with Crippen molar-refractivity contribution >= 4 is 23.4 Å². The number of hydrogen-bond donors (Lipinski definition) is 0. The minimum atomic E-state index is -4.40. The van der Waals surface area contributed by atoms with E-state index in [4.69, 9.17) is 0 Å². The summed E-state index contributed by atoms with van der Waals surface area (Å²) in [6.45, 7) is 2.79. The highest BCUT2D eigenvalue weighted by Gasteiger charge is 2.31. The minimum absolute atomic E-state index is 0.0638. The van der Waals surface area contributed by atoms with Gasteiger partial charge >= 0.3 is 6.18 Å². The quantitative estimate of drug-likeness (QED) is 0.736. The number of amides is 1. The van der Waals surface area contributed by atoms with E-state index in [0.717, 1.165) is 41.7 Å². The summed E-state index contributed by atoms with van der Waals surface area (Å²) in [4.78, 5) is 18.1. The third-order valence-corrected chi connectivity index (χ3v) is 5.18. The Morgan fingerprint density at radius 3 is 2.72 bits per heavy atom. The second-order valence-corrected chi connectivity index (χ2v) is 6.96. The predicted octanol–water partition coefficient (Wildman–Crippen LogP) is 4.73. The van der Waals surface area contributed by atoms with E-state index in [9.17, 15) is 18.0 Å². The number of alkyl halides is 3. The molecule has 1 aromatic carbocycles. The molecule has 0 radical (unpaired) electrons. The van der Waals surface area contributed by atoms with E-state index in [-0.39, 0.29) is 11.7 Å². The number of rotatable bonds is 3. The fourth-order valence-electron chi connectivity index (χ4n) is 2.85. The Morgan fingerprint density at radius 2 is 2.04 bits per heavy atom. The van der Waals surface area contributed by atoms with Gasteiger partial charge in [-0.1, -0.05) is 36.9 Å². The zero-order valence-electron chi connectivity index (χ0n) is 13.6. The van der Waals surface area contributed by atoms with Crippen LogP contribution in [0.1, 0.15) is 30.4 Å². The summed E-state index contributed by atoms with van der Waals surface area (Å²) >= 11 is 1.15. The molecule has 0 aliphatic carbocycles. The topological polar surface area (TPSA) is 33.2 Å². The first-order valence-electron chi connectivity index (χ1n) is 7.91. The molecule has 1 aliphatic heterocycles. The van der Waals surface area contributed by atoms with E-state index < -0.39 is 11.7 Å². The average Bonchev–Trinajstić information content (AvgIpc) is 2.60. The van der Waals surface area contributed by atoms with Crippen molar-refractivity contribution in [1.82, 2.24) is 4.98 Å². The van der Waals surface area contributed by atoms with Crippen LogP contribution in [0.15, 0.2) is 47.6 Å². The Morgan fingerprint density at radius 1 is 1.28 bits per heavy atom. The van der Waals surface area contributed by atoms with E-state index in [0.29, 0.717) is 17.5 Å². The monoisotopic (exact) mass is 366 g/mol. The lowest BCUT2D eigenvalue weighted by atomic mass is 9.91. The van der Waals surface area contributed by atoms with Gasteiger partial charge in [0, 0.05) is 18.4 Å². The number of hydrogen-bond acceptors (Lipinski definition) is 3. The molecule has 0 N–H and O–H groups in total. The molecule has 25 heavy (non-hydrogen) atoms. The third-order valence-electron chi connectivity index (χ3n) is 4.25. The van der Waals surface area contributed by atoms with Crippen LogP contribution in [0, 0.1) is 0 Å². The highest BCUT2D eigenvalue weighted by molar-refractivity contribution is 7.99. The van der Waals surface area contributed by atoms with Gasteiger partial charge in [0.2, 0.25) is 5.91 Å². The molecule has 0 spiro atoms. The number of pyridine rings is 1. The van der Waals surface area contributed by atoms with Crippen LogP contribution in [-0.2, 0) is 11.0 Å². The normalized spacial score (nSPS) is 17.3. The number of nitrogens with zero attached hydrogens (tertiary/aromatic N) is 2. The number of benzene rings is 1. The van der Waals surface area contributed by atoms with Crippen LogP contribution in [0.25, 0.3) is 0 Å². The first kappa shape index (κ1) is 17.8. The molecule has 1 aliphatic rings. The van der Waals surface area contributed by atoms with Crippen LogP contribution in [0.4, 0.5) is 18.9 Å². The molecule has 1 atom stereocenters. The van der Waals surface area contributed by atoms with Gasteiger partial charge in [-0.05, 0) is 36.1 Å². The predicted molar refractivity (Wildman–Crippen MR) is 91.8 cm³/mol. The summed E-state index contributed by atoms with van der Waals surface area (Å²) in [6.07, 6.45) is -2.71. The van der Waals surface area contributed by atoms with Crippen molar-refractivity contribution in [3.8, 4) is 0 Å². The van der Waals surface area contributed by atoms with Crippen molar-refractivity contribution in [3.05, 3.63) is 53.7 Å². The van der Waals surface area contributed by atoms with Gasteiger partial charge in [0.1, 0.15) is 0 Å². The fourth-order valence-corrected chi connectivity index (χ4v) is 3.57. The van der Waals surface area contributed by atoms with Gasteiger partial charge in [0.05, 0.1) is 16.3 Å². The molecule has 3 nitrogen and oxygen atoms in total. The smallest absolute Gasteiger partial charge is 0.311 e. The van der Waals surface area contributed by atoms with Gasteiger partial charge in [-0.2, -0.15) is 13.2 Å². The molecule has 2 heterocycles. The number of halogens is 3. The molecule has 132 valence electrons. The molecule has 0 saturated carbocycles. The van der Waals surface area contributed by atoms with E-state index >= 15 is 0 Å². The lowest BCUT2D eigenvalue weighted by molar-refractivity contribution is -0.137. The maximum atomic E-state index is 12.6. The number of fused-ring (bicyclic) bond motifs is 1. The van der Waals surface area contributed by atoms with E-state index in [2.05, 4.69) is 11.9 Å². The van der Waals surface area contributed by atoms with Gasteiger partial charge in [-0.25, -0.2) is 4.98 Å². The molecule has 7 heteroatoms. The van der Waals surface area contributed by atoms with E-state index in [1.807, 2.05) is 24.3 Å². The maximum Gasteiger partial charge on any atom is 0.417 e. The number of carbonyl (C=O) groups is 1. The molecule has 0 bridgehead atoms. The molecule has 1 unspecified atom stereocenters. The van der Waals surface area contributed by atoms with Gasteiger partial charge in [-0.3, -0.25) is 4.79 Å². The second kappa shape index (κ2) is 7.07. The van der Waals surface area contributed by atoms with Crippen LogP contribution in [0.5, 0.6) is 0 Å². The zero-order chi connectivity index (χ0) is 18.0. The number of anilines is 1. The first-order valence-corrected chi connectivity index (χ1v) is 8.90. The molecule has 3 rings (SSSR count). The Hall–Kier alpha value is -2.02. The largest absolute Gasteiger partial charge is 0.417 e. The van der Waals surface area contributed by atoms with Crippen molar-refractivity contribution in [2.75, 3.05) is 17.2 Å². The fraction of sp³-hybridized carbons (Fsp3) is 0.333. The van der Waals surface area contributed by atoms with Gasteiger partial charge in [-0.15, -0.1) is 0 Å². The number of carbonyl (C=O) groups excluding carboxylic acids is 1. The lowest BCUT2D eigenvalue weighted by Gasteiger charge is -2.32. The van der Waals surface area contributed by atoms with Crippen molar-refractivity contribution in [2.45, 2.75) is 30.5 Å². The Labute approximate surface area is 148 Å². The van der Waals surface area contributed by atoms with Crippen molar-refractivity contribution in [2.24, 2.45) is 0 Å². The Kier molecular flexibility index (Phi) is 5.03. The second-order valence-electron chi connectivity index (χ2n) is 5.97.